The van der Waals surface area contributed by atoms with Crippen molar-refractivity contribution in [2.45, 2.75) is 12.5 Å². The molecule has 1 heterocycles. The Bertz CT molecular complexity index is 243. The minimum absolute atomic E-state index is 0.388. The summed E-state index contributed by atoms with van der Waals surface area (Å²) >= 11 is 0. The van der Waals surface area contributed by atoms with Crippen molar-refractivity contribution in [3.05, 3.63) is 24.2 Å². The molecule has 0 saturated heterocycles. The van der Waals surface area contributed by atoms with Crippen molar-refractivity contribution in [2.75, 3.05) is 7.11 Å². The first-order chi connectivity index (χ1) is 5.74. The second kappa shape index (κ2) is 3.92. The summed E-state index contributed by atoms with van der Waals surface area (Å²) in [6.07, 6.45) is 1.33. The van der Waals surface area contributed by atoms with Gasteiger partial charge in [-0.15, -0.1) is 0 Å². The Morgan fingerprint density at radius 3 is 3.00 bits per heavy atom. The lowest BCUT2D eigenvalue weighted by Crippen LogP contribution is -2.31. The molecule has 1 amide bonds. The van der Waals surface area contributed by atoms with Crippen molar-refractivity contribution in [3.8, 4) is 0 Å². The van der Waals surface area contributed by atoms with Crippen molar-refractivity contribution < 1.29 is 13.9 Å². The maximum Gasteiger partial charge on any atom is 0.247 e. The van der Waals surface area contributed by atoms with Gasteiger partial charge in [-0.25, -0.2) is 0 Å². The Labute approximate surface area is 70.3 Å². The first kappa shape index (κ1) is 8.80. The van der Waals surface area contributed by atoms with E-state index in [9.17, 15) is 4.79 Å². The molecular formula is C8H11NO3. The average Bonchev–Trinajstić information content (AvgIpc) is 2.51. The summed E-state index contributed by atoms with van der Waals surface area (Å²) in [5.41, 5.74) is 5.06. The molecule has 1 aromatic rings. The van der Waals surface area contributed by atoms with Crippen LogP contribution in [0.1, 0.15) is 5.76 Å². The Balaban J connectivity index is 2.54. The van der Waals surface area contributed by atoms with Gasteiger partial charge >= 0.3 is 0 Å². The summed E-state index contributed by atoms with van der Waals surface area (Å²) in [4.78, 5) is 10.7. The molecule has 0 radical (unpaired) electrons. The number of carbonyl (C=O) groups is 1. The third-order valence-corrected chi connectivity index (χ3v) is 1.57. The van der Waals surface area contributed by atoms with Crippen molar-refractivity contribution in [3.63, 3.8) is 0 Å². The van der Waals surface area contributed by atoms with Crippen molar-refractivity contribution >= 4 is 5.91 Å². The number of hydrogen-bond acceptors (Lipinski definition) is 3. The standard InChI is InChI=1S/C8H11NO3/c1-11-7(8(9)10)5-6-3-2-4-12-6/h2-4,7H,5H2,1H3,(H2,9,10). The van der Waals surface area contributed by atoms with Gasteiger partial charge in [-0.05, 0) is 12.1 Å². The van der Waals surface area contributed by atoms with Gasteiger partial charge in [0.15, 0.2) is 0 Å². The van der Waals surface area contributed by atoms with Gasteiger partial charge < -0.3 is 14.9 Å². The number of nitrogens with two attached hydrogens (primary N) is 1. The smallest absolute Gasteiger partial charge is 0.247 e. The van der Waals surface area contributed by atoms with Crippen LogP contribution in [0.5, 0.6) is 0 Å². The number of primary amides is 1. The van der Waals surface area contributed by atoms with Crippen LogP contribution in [-0.2, 0) is 16.0 Å². The predicted molar refractivity (Wildman–Crippen MR) is 42.4 cm³/mol. The minimum Gasteiger partial charge on any atom is -0.469 e. The Morgan fingerprint density at radius 1 is 1.83 bits per heavy atom. The summed E-state index contributed by atoms with van der Waals surface area (Å²) in [7, 11) is 1.44. The van der Waals surface area contributed by atoms with Gasteiger partial charge in [0.25, 0.3) is 0 Å². The van der Waals surface area contributed by atoms with Gasteiger partial charge in [-0.3, -0.25) is 4.79 Å². The molecule has 0 bridgehead atoms. The topological polar surface area (TPSA) is 65.5 Å². The summed E-state index contributed by atoms with van der Waals surface area (Å²) in [5.74, 6) is 0.217. The highest BCUT2D eigenvalue weighted by molar-refractivity contribution is 5.79. The van der Waals surface area contributed by atoms with E-state index in [-0.39, 0.29) is 0 Å². The van der Waals surface area contributed by atoms with Gasteiger partial charge in [0.2, 0.25) is 5.91 Å². The first-order valence-electron chi connectivity index (χ1n) is 3.58. The van der Waals surface area contributed by atoms with E-state index < -0.39 is 12.0 Å². The van der Waals surface area contributed by atoms with Crippen LogP contribution in [0.2, 0.25) is 0 Å². The van der Waals surface area contributed by atoms with Crippen molar-refractivity contribution in [1.29, 1.82) is 0 Å². The maximum atomic E-state index is 10.7. The molecule has 4 nitrogen and oxygen atoms in total. The highest BCUT2D eigenvalue weighted by atomic mass is 16.5. The number of methoxy groups -OCH3 is 1. The number of hydrogen-bond donors (Lipinski definition) is 1. The third-order valence-electron chi connectivity index (χ3n) is 1.57. The molecule has 0 fully saturated rings. The molecule has 0 aliphatic heterocycles. The molecule has 0 spiro atoms. The fourth-order valence-corrected chi connectivity index (χ4v) is 0.912. The molecule has 1 atom stereocenters. The summed E-state index contributed by atoms with van der Waals surface area (Å²) in [6, 6.07) is 3.53. The molecule has 2 N–H and O–H groups in total. The molecule has 1 aromatic heterocycles. The van der Waals surface area contributed by atoms with E-state index in [0.29, 0.717) is 12.2 Å². The van der Waals surface area contributed by atoms with E-state index in [1.807, 2.05) is 0 Å². The quantitative estimate of drug-likeness (QED) is 0.706. The van der Waals surface area contributed by atoms with Crippen LogP contribution in [0.25, 0.3) is 0 Å². The molecule has 0 aliphatic rings. The van der Waals surface area contributed by atoms with Crippen LogP contribution in [0.4, 0.5) is 0 Å². The second-order valence-electron chi connectivity index (χ2n) is 2.41. The van der Waals surface area contributed by atoms with Crippen molar-refractivity contribution in [2.24, 2.45) is 5.73 Å². The molecule has 0 aliphatic carbocycles. The lowest BCUT2D eigenvalue weighted by molar-refractivity contribution is -0.127. The van der Waals surface area contributed by atoms with Crippen molar-refractivity contribution in [1.82, 2.24) is 0 Å². The number of rotatable bonds is 4. The Hall–Kier alpha value is -1.29. The zero-order chi connectivity index (χ0) is 8.97. The number of amides is 1. The zero-order valence-electron chi connectivity index (χ0n) is 6.82. The van der Waals surface area contributed by atoms with Gasteiger partial charge in [-0.1, -0.05) is 0 Å². The highest BCUT2D eigenvalue weighted by Crippen LogP contribution is 2.05. The molecule has 0 saturated carbocycles. The summed E-state index contributed by atoms with van der Waals surface area (Å²) in [6.45, 7) is 0. The molecule has 4 heteroatoms. The van der Waals surface area contributed by atoms with Gasteiger partial charge in [-0.2, -0.15) is 0 Å². The van der Waals surface area contributed by atoms with Crippen LogP contribution in [-0.4, -0.2) is 19.1 Å². The van der Waals surface area contributed by atoms with Crippen LogP contribution in [0.15, 0.2) is 22.8 Å². The normalized spacial score (nSPS) is 12.8. The SMILES string of the molecule is COC(Cc1ccco1)C(N)=O. The predicted octanol–water partition coefficient (Wildman–Crippen LogP) is 0.322. The molecule has 1 rings (SSSR count). The largest absolute Gasteiger partial charge is 0.469 e. The third kappa shape index (κ3) is 2.10. The fraction of sp³-hybridized carbons (Fsp3) is 0.375. The molecule has 0 aromatic carbocycles. The van der Waals surface area contributed by atoms with Gasteiger partial charge in [0.05, 0.1) is 6.26 Å². The number of furan rings is 1. The van der Waals surface area contributed by atoms with Gasteiger partial charge in [0, 0.05) is 13.5 Å². The summed E-state index contributed by atoms with van der Waals surface area (Å²) in [5, 5.41) is 0. The molecule has 12 heavy (non-hydrogen) atoms. The zero-order valence-corrected chi connectivity index (χ0v) is 6.82. The van der Waals surface area contributed by atoms with E-state index in [0.717, 1.165) is 0 Å². The summed E-state index contributed by atoms with van der Waals surface area (Å²) < 4.78 is 9.88. The monoisotopic (exact) mass is 169 g/mol. The van der Waals surface area contributed by atoms with E-state index in [2.05, 4.69) is 0 Å². The van der Waals surface area contributed by atoms with E-state index in [1.54, 1.807) is 18.4 Å². The van der Waals surface area contributed by atoms with Crippen LogP contribution in [0, 0.1) is 0 Å². The minimum atomic E-state index is -0.601. The second-order valence-corrected chi connectivity index (χ2v) is 2.41. The van der Waals surface area contributed by atoms with Crippen LogP contribution >= 0.6 is 0 Å². The van der Waals surface area contributed by atoms with E-state index in [4.69, 9.17) is 14.9 Å². The fourth-order valence-electron chi connectivity index (χ4n) is 0.912. The molecule has 66 valence electrons. The number of ether oxygens (including phenoxy) is 1. The lowest BCUT2D eigenvalue weighted by Gasteiger charge is -2.08. The molecule has 1 unspecified atom stereocenters. The maximum absolute atomic E-state index is 10.7. The average molecular weight is 169 g/mol. The Kier molecular flexibility index (Phi) is 2.88. The van der Waals surface area contributed by atoms with Gasteiger partial charge in [0.1, 0.15) is 11.9 Å². The highest BCUT2D eigenvalue weighted by Gasteiger charge is 2.15. The van der Waals surface area contributed by atoms with E-state index in [1.165, 1.54) is 7.11 Å². The van der Waals surface area contributed by atoms with Crippen LogP contribution in [0.3, 0.4) is 0 Å². The first-order valence-corrected chi connectivity index (χ1v) is 3.58. The Morgan fingerprint density at radius 2 is 2.58 bits per heavy atom. The van der Waals surface area contributed by atoms with E-state index >= 15 is 0 Å². The number of carbonyl (C=O) groups excluding carboxylic acids is 1. The van der Waals surface area contributed by atoms with Crippen LogP contribution < -0.4 is 5.73 Å². The lowest BCUT2D eigenvalue weighted by atomic mass is 10.2. The molecular weight excluding hydrogens is 158 g/mol.